The molecule has 124 valence electrons. The van der Waals surface area contributed by atoms with Gasteiger partial charge in [0, 0.05) is 25.4 Å². The van der Waals surface area contributed by atoms with E-state index in [9.17, 15) is 26.4 Å². The molecule has 1 atom stereocenters. The summed E-state index contributed by atoms with van der Waals surface area (Å²) in [6.45, 7) is 0.263. The maximum absolute atomic E-state index is 12.1. The van der Waals surface area contributed by atoms with Gasteiger partial charge in [0.15, 0.2) is 0 Å². The third-order valence-electron chi connectivity index (χ3n) is 3.48. The molecule has 0 radical (unpaired) electrons. The Kier molecular flexibility index (Phi) is 6.45. The number of rotatable bonds is 7. The Hall–Kier alpha value is -0.830. The van der Waals surface area contributed by atoms with E-state index >= 15 is 0 Å². The van der Waals surface area contributed by atoms with Crippen molar-refractivity contribution >= 4 is 16.0 Å². The van der Waals surface area contributed by atoms with Crippen molar-refractivity contribution < 1.29 is 31.5 Å². The molecule has 1 heterocycles. The molecule has 0 aromatic carbocycles. The summed E-state index contributed by atoms with van der Waals surface area (Å²) in [5, 5.41) is 8.67. The molecule has 0 aromatic heterocycles. The summed E-state index contributed by atoms with van der Waals surface area (Å²) >= 11 is 0. The van der Waals surface area contributed by atoms with E-state index in [2.05, 4.69) is 0 Å². The fraction of sp³-hybridized carbons (Fsp3) is 0.917. The minimum atomic E-state index is -4.36. The summed E-state index contributed by atoms with van der Waals surface area (Å²) in [6.07, 6.45) is -3.87. The van der Waals surface area contributed by atoms with Crippen molar-refractivity contribution in [1.29, 1.82) is 0 Å². The van der Waals surface area contributed by atoms with E-state index in [0.717, 1.165) is 6.42 Å². The van der Waals surface area contributed by atoms with Crippen molar-refractivity contribution in [3.63, 3.8) is 0 Å². The first-order valence-electron chi connectivity index (χ1n) is 6.90. The third kappa shape index (κ3) is 6.64. The van der Waals surface area contributed by atoms with Crippen LogP contribution in [0.15, 0.2) is 0 Å². The second-order valence-electron chi connectivity index (χ2n) is 5.23. The molecule has 1 saturated heterocycles. The summed E-state index contributed by atoms with van der Waals surface area (Å²) < 4.78 is 61.7. The van der Waals surface area contributed by atoms with Crippen LogP contribution >= 0.6 is 0 Å². The van der Waals surface area contributed by atoms with E-state index < -0.39 is 46.8 Å². The number of nitrogens with zero attached hydrogens (tertiary/aromatic N) is 1. The van der Waals surface area contributed by atoms with E-state index in [1.54, 1.807) is 0 Å². The molecule has 1 rings (SSSR count). The Bertz CT molecular complexity index is 450. The quantitative estimate of drug-likeness (QED) is 0.777. The van der Waals surface area contributed by atoms with E-state index in [0.29, 0.717) is 12.8 Å². The van der Waals surface area contributed by atoms with Crippen LogP contribution in [0, 0.1) is 0 Å². The zero-order valence-corrected chi connectivity index (χ0v) is 12.4. The number of sulfonamides is 1. The van der Waals surface area contributed by atoms with E-state index in [1.807, 2.05) is 0 Å². The molecule has 0 bridgehead atoms. The standard InChI is InChI=1S/C12H20F3NO4S/c13-12(14,15)7-3-9-21(19,20)16-8-2-1-4-10(16)5-6-11(17)18/h10H,1-9H2,(H,17,18). The van der Waals surface area contributed by atoms with Gasteiger partial charge in [-0.15, -0.1) is 0 Å². The molecule has 1 aliphatic heterocycles. The third-order valence-corrected chi connectivity index (χ3v) is 5.48. The molecule has 0 aromatic rings. The lowest BCUT2D eigenvalue weighted by molar-refractivity contribution is -0.137. The second kappa shape index (κ2) is 7.44. The van der Waals surface area contributed by atoms with E-state index in [-0.39, 0.29) is 19.4 Å². The number of aliphatic carboxylic acids is 1. The molecule has 9 heteroatoms. The normalized spacial score (nSPS) is 21.4. The van der Waals surface area contributed by atoms with Crippen molar-refractivity contribution in [2.75, 3.05) is 12.3 Å². The fourth-order valence-corrected chi connectivity index (χ4v) is 4.31. The van der Waals surface area contributed by atoms with Crippen molar-refractivity contribution in [2.24, 2.45) is 0 Å². The number of alkyl halides is 3. The largest absolute Gasteiger partial charge is 0.481 e. The first-order valence-corrected chi connectivity index (χ1v) is 8.51. The van der Waals surface area contributed by atoms with Gasteiger partial charge in [-0.3, -0.25) is 4.79 Å². The van der Waals surface area contributed by atoms with Crippen LogP contribution in [0.2, 0.25) is 0 Å². The summed E-state index contributed by atoms with van der Waals surface area (Å²) in [5.74, 6) is -1.55. The molecule has 5 nitrogen and oxygen atoms in total. The molecule has 0 saturated carbocycles. The van der Waals surface area contributed by atoms with Gasteiger partial charge in [0.1, 0.15) is 0 Å². The van der Waals surface area contributed by atoms with Crippen molar-refractivity contribution in [1.82, 2.24) is 4.31 Å². The van der Waals surface area contributed by atoms with Crippen LogP contribution in [0.1, 0.15) is 44.9 Å². The van der Waals surface area contributed by atoms with Crippen LogP contribution < -0.4 is 0 Å². The lowest BCUT2D eigenvalue weighted by Gasteiger charge is -2.34. The number of hydrogen-bond acceptors (Lipinski definition) is 3. The number of piperidine rings is 1. The SMILES string of the molecule is O=C(O)CCC1CCCCN1S(=O)(=O)CCCC(F)(F)F. The van der Waals surface area contributed by atoms with Gasteiger partial charge in [-0.25, -0.2) is 8.42 Å². The maximum atomic E-state index is 12.1. The van der Waals surface area contributed by atoms with Crippen LogP contribution in [0.25, 0.3) is 0 Å². The van der Waals surface area contributed by atoms with Gasteiger partial charge < -0.3 is 5.11 Å². The highest BCUT2D eigenvalue weighted by atomic mass is 32.2. The van der Waals surface area contributed by atoms with Crippen LogP contribution in [0.4, 0.5) is 13.2 Å². The number of carboxylic acid groups (broad SMARTS) is 1. The van der Waals surface area contributed by atoms with Crippen LogP contribution in [0.3, 0.4) is 0 Å². The predicted octanol–water partition coefficient (Wildman–Crippen LogP) is 2.38. The lowest BCUT2D eigenvalue weighted by atomic mass is 10.0. The summed E-state index contributed by atoms with van der Waals surface area (Å²) in [6, 6.07) is -0.411. The Balaban J connectivity index is 2.62. The van der Waals surface area contributed by atoms with Gasteiger partial charge in [0.2, 0.25) is 10.0 Å². The molecule has 1 unspecified atom stereocenters. The summed E-state index contributed by atoms with van der Waals surface area (Å²) in [7, 11) is -3.76. The maximum Gasteiger partial charge on any atom is 0.389 e. The second-order valence-corrected chi connectivity index (χ2v) is 7.27. The molecule has 1 fully saturated rings. The van der Waals surface area contributed by atoms with E-state index in [4.69, 9.17) is 5.11 Å². The lowest BCUT2D eigenvalue weighted by Crippen LogP contribution is -2.45. The average molecular weight is 331 g/mol. The predicted molar refractivity (Wildman–Crippen MR) is 70.3 cm³/mol. The Morgan fingerprint density at radius 3 is 2.52 bits per heavy atom. The molecule has 0 spiro atoms. The minimum absolute atomic E-state index is 0.140. The van der Waals surface area contributed by atoms with Crippen LogP contribution in [-0.4, -0.2) is 48.3 Å². The first kappa shape index (κ1) is 18.2. The topological polar surface area (TPSA) is 74.7 Å². The molecule has 0 aliphatic carbocycles. The Morgan fingerprint density at radius 1 is 1.29 bits per heavy atom. The van der Waals surface area contributed by atoms with Gasteiger partial charge in [0.05, 0.1) is 5.75 Å². The van der Waals surface area contributed by atoms with E-state index in [1.165, 1.54) is 4.31 Å². The monoisotopic (exact) mass is 331 g/mol. The Morgan fingerprint density at radius 2 is 1.95 bits per heavy atom. The molecule has 1 aliphatic rings. The highest BCUT2D eigenvalue weighted by Crippen LogP contribution is 2.26. The number of carbonyl (C=O) groups is 1. The van der Waals surface area contributed by atoms with Crippen molar-refractivity contribution in [3.05, 3.63) is 0 Å². The first-order chi connectivity index (χ1) is 9.62. The van der Waals surface area contributed by atoms with Gasteiger partial charge in [0.25, 0.3) is 0 Å². The van der Waals surface area contributed by atoms with Crippen LogP contribution in [-0.2, 0) is 14.8 Å². The molecule has 21 heavy (non-hydrogen) atoms. The smallest absolute Gasteiger partial charge is 0.389 e. The highest BCUT2D eigenvalue weighted by Gasteiger charge is 2.33. The van der Waals surface area contributed by atoms with Crippen LogP contribution in [0.5, 0.6) is 0 Å². The molecular weight excluding hydrogens is 311 g/mol. The zero-order chi connectivity index (χ0) is 16.1. The molecule has 1 N–H and O–H groups in total. The highest BCUT2D eigenvalue weighted by molar-refractivity contribution is 7.89. The van der Waals surface area contributed by atoms with Crippen molar-refractivity contribution in [3.8, 4) is 0 Å². The minimum Gasteiger partial charge on any atom is -0.481 e. The van der Waals surface area contributed by atoms with Crippen molar-refractivity contribution in [2.45, 2.75) is 57.2 Å². The summed E-state index contributed by atoms with van der Waals surface area (Å²) in [5.41, 5.74) is 0. The Labute approximate surface area is 122 Å². The average Bonchev–Trinajstić information content (AvgIpc) is 2.34. The van der Waals surface area contributed by atoms with Gasteiger partial charge in [-0.1, -0.05) is 6.42 Å². The number of halogens is 3. The molecular formula is C12H20F3NO4S. The zero-order valence-electron chi connectivity index (χ0n) is 11.6. The summed E-state index contributed by atoms with van der Waals surface area (Å²) in [4.78, 5) is 10.6. The molecule has 0 amide bonds. The number of hydrogen-bond donors (Lipinski definition) is 1. The fourth-order valence-electron chi connectivity index (χ4n) is 2.49. The number of carboxylic acids is 1. The van der Waals surface area contributed by atoms with Gasteiger partial charge >= 0.3 is 12.1 Å². The van der Waals surface area contributed by atoms with Gasteiger partial charge in [-0.05, 0) is 25.7 Å². The van der Waals surface area contributed by atoms with Gasteiger partial charge in [-0.2, -0.15) is 17.5 Å².